The van der Waals surface area contributed by atoms with Crippen molar-refractivity contribution < 1.29 is 4.42 Å². The van der Waals surface area contributed by atoms with E-state index in [1.807, 2.05) is 36.8 Å². The number of rotatable bonds is 5. The van der Waals surface area contributed by atoms with Crippen LogP contribution in [0.1, 0.15) is 12.6 Å². The Morgan fingerprint density at radius 3 is 3.10 bits per heavy atom. The Morgan fingerprint density at radius 2 is 2.30 bits per heavy atom. The molecule has 2 aromatic heterocycles. The van der Waals surface area contributed by atoms with Crippen LogP contribution in [0.15, 0.2) is 47.6 Å². The zero-order valence-corrected chi connectivity index (χ0v) is 11.2. The molecular formula is C14H15N5O. The van der Waals surface area contributed by atoms with Crippen molar-refractivity contribution in [3.8, 4) is 11.5 Å². The Hall–Kier alpha value is -2.63. The Bertz CT molecular complexity index is 674. The Balaban J connectivity index is 1.74. The number of aromatic nitrogens is 4. The van der Waals surface area contributed by atoms with Gasteiger partial charge in [-0.15, -0.1) is 10.2 Å². The van der Waals surface area contributed by atoms with Gasteiger partial charge >= 0.3 is 0 Å². The number of benzene rings is 1. The minimum Gasteiger partial charge on any atom is -0.423 e. The third-order valence-corrected chi connectivity index (χ3v) is 3.08. The molecular weight excluding hydrogens is 254 g/mol. The quantitative estimate of drug-likeness (QED) is 0.771. The lowest BCUT2D eigenvalue weighted by Gasteiger charge is -2.09. The molecule has 0 amide bonds. The number of anilines is 1. The Morgan fingerprint density at radius 1 is 1.35 bits per heavy atom. The van der Waals surface area contributed by atoms with Gasteiger partial charge in [0.15, 0.2) is 0 Å². The lowest BCUT2D eigenvalue weighted by molar-refractivity contribution is 0.568. The molecule has 102 valence electrons. The van der Waals surface area contributed by atoms with Crippen molar-refractivity contribution in [3.05, 3.63) is 48.9 Å². The first-order valence-electron chi connectivity index (χ1n) is 6.46. The zero-order valence-electron chi connectivity index (χ0n) is 11.2. The third-order valence-electron chi connectivity index (χ3n) is 3.08. The molecule has 0 bridgehead atoms. The highest BCUT2D eigenvalue weighted by Gasteiger charge is 2.05. The maximum Gasteiger partial charge on any atom is 0.247 e. The first-order chi connectivity index (χ1) is 9.86. The van der Waals surface area contributed by atoms with Gasteiger partial charge in [0.1, 0.15) is 0 Å². The third kappa shape index (κ3) is 2.54. The van der Waals surface area contributed by atoms with Crippen LogP contribution in [-0.2, 0) is 13.1 Å². The maximum absolute atomic E-state index is 5.20. The highest BCUT2D eigenvalue weighted by Crippen LogP contribution is 2.20. The number of nitrogens with one attached hydrogen (secondary N) is 1. The summed E-state index contributed by atoms with van der Waals surface area (Å²) in [6, 6.07) is 7.89. The highest BCUT2D eigenvalue weighted by atomic mass is 16.4. The summed E-state index contributed by atoms with van der Waals surface area (Å²) in [6.45, 7) is 3.74. The van der Waals surface area contributed by atoms with Gasteiger partial charge in [-0.2, -0.15) is 0 Å². The predicted octanol–water partition coefficient (Wildman–Crippen LogP) is 2.57. The molecule has 3 rings (SSSR count). The molecule has 0 atom stereocenters. The summed E-state index contributed by atoms with van der Waals surface area (Å²) in [4.78, 5) is 4.15. The number of hydrogen-bond donors (Lipinski definition) is 1. The monoisotopic (exact) mass is 269 g/mol. The van der Waals surface area contributed by atoms with E-state index in [1.165, 1.54) is 6.39 Å². The summed E-state index contributed by atoms with van der Waals surface area (Å²) >= 11 is 0. The van der Waals surface area contributed by atoms with E-state index >= 15 is 0 Å². The fourth-order valence-corrected chi connectivity index (χ4v) is 2.03. The lowest BCUT2D eigenvalue weighted by atomic mass is 10.2. The van der Waals surface area contributed by atoms with E-state index in [0.717, 1.165) is 30.0 Å². The van der Waals surface area contributed by atoms with Crippen LogP contribution in [0.5, 0.6) is 0 Å². The number of hydrogen-bond acceptors (Lipinski definition) is 5. The van der Waals surface area contributed by atoms with Crippen LogP contribution >= 0.6 is 0 Å². The Labute approximate surface area is 116 Å². The van der Waals surface area contributed by atoms with Crippen molar-refractivity contribution in [1.82, 2.24) is 19.7 Å². The average molecular weight is 269 g/mol. The molecule has 2 heterocycles. The molecule has 0 aliphatic carbocycles. The summed E-state index contributed by atoms with van der Waals surface area (Å²) in [5.74, 6) is 0.521. The van der Waals surface area contributed by atoms with E-state index in [-0.39, 0.29) is 0 Å². The van der Waals surface area contributed by atoms with Crippen LogP contribution in [0.2, 0.25) is 0 Å². The van der Waals surface area contributed by atoms with Gasteiger partial charge in [-0.1, -0.05) is 6.07 Å². The average Bonchev–Trinajstić information content (AvgIpc) is 3.16. The molecule has 0 aliphatic rings. The van der Waals surface area contributed by atoms with Gasteiger partial charge < -0.3 is 14.3 Å². The molecule has 0 unspecified atom stereocenters. The van der Waals surface area contributed by atoms with Crippen LogP contribution in [0.25, 0.3) is 11.5 Å². The molecule has 1 aromatic carbocycles. The smallest absolute Gasteiger partial charge is 0.247 e. The van der Waals surface area contributed by atoms with E-state index in [1.54, 1.807) is 0 Å². The van der Waals surface area contributed by atoms with Gasteiger partial charge in [-0.25, -0.2) is 4.98 Å². The van der Waals surface area contributed by atoms with Crippen LogP contribution in [0, 0.1) is 0 Å². The zero-order chi connectivity index (χ0) is 13.8. The molecule has 0 radical (unpaired) electrons. The van der Waals surface area contributed by atoms with Crippen molar-refractivity contribution in [2.75, 3.05) is 5.32 Å². The van der Waals surface area contributed by atoms with Crippen molar-refractivity contribution in [1.29, 1.82) is 0 Å². The summed E-state index contributed by atoms with van der Waals surface area (Å²) in [7, 11) is 0. The van der Waals surface area contributed by atoms with Crippen molar-refractivity contribution in [2.24, 2.45) is 0 Å². The topological polar surface area (TPSA) is 68.8 Å². The fraction of sp³-hybridized carbons (Fsp3) is 0.214. The first kappa shape index (κ1) is 12.4. The van der Waals surface area contributed by atoms with Crippen LogP contribution in [-0.4, -0.2) is 19.7 Å². The summed E-state index contributed by atoms with van der Waals surface area (Å²) in [6.07, 6.45) is 5.04. The standard InChI is InChI=1S/C14H15N5O/c1-2-19-9-15-7-13(19)8-16-12-5-3-4-11(6-12)14-18-17-10-20-14/h3-7,9-10,16H,2,8H2,1H3. The van der Waals surface area contributed by atoms with Crippen LogP contribution in [0.3, 0.4) is 0 Å². The molecule has 0 fully saturated rings. The lowest BCUT2D eigenvalue weighted by Crippen LogP contribution is -2.05. The Kier molecular flexibility index (Phi) is 3.45. The normalized spacial score (nSPS) is 10.7. The molecule has 0 aliphatic heterocycles. The molecule has 20 heavy (non-hydrogen) atoms. The van der Waals surface area contributed by atoms with Crippen molar-refractivity contribution in [3.63, 3.8) is 0 Å². The van der Waals surface area contributed by atoms with Crippen molar-refractivity contribution >= 4 is 5.69 Å². The first-order valence-corrected chi connectivity index (χ1v) is 6.46. The van der Waals surface area contributed by atoms with Gasteiger partial charge in [-0.05, 0) is 25.1 Å². The number of aryl methyl sites for hydroxylation is 1. The van der Waals surface area contributed by atoms with E-state index < -0.39 is 0 Å². The van der Waals surface area contributed by atoms with Crippen LogP contribution in [0.4, 0.5) is 5.69 Å². The van der Waals surface area contributed by atoms with Gasteiger partial charge in [-0.3, -0.25) is 0 Å². The summed E-state index contributed by atoms with van der Waals surface area (Å²) < 4.78 is 7.30. The SMILES string of the molecule is CCn1cncc1CNc1cccc(-c2nnco2)c1. The van der Waals surface area contributed by atoms with Crippen LogP contribution < -0.4 is 5.32 Å². The molecule has 0 saturated heterocycles. The van der Waals surface area contributed by atoms with Gasteiger partial charge in [0.05, 0.1) is 18.6 Å². The van der Waals surface area contributed by atoms with E-state index in [9.17, 15) is 0 Å². The second-order valence-corrected chi connectivity index (χ2v) is 4.35. The maximum atomic E-state index is 5.20. The van der Waals surface area contributed by atoms with Gasteiger partial charge in [0.25, 0.3) is 0 Å². The molecule has 0 spiro atoms. The number of nitrogens with zero attached hydrogens (tertiary/aromatic N) is 4. The summed E-state index contributed by atoms with van der Waals surface area (Å²) in [5.41, 5.74) is 3.05. The van der Waals surface area contributed by atoms with Crippen molar-refractivity contribution in [2.45, 2.75) is 20.0 Å². The minimum atomic E-state index is 0.521. The fourth-order valence-electron chi connectivity index (χ4n) is 2.03. The highest BCUT2D eigenvalue weighted by molar-refractivity contribution is 5.60. The molecule has 6 nitrogen and oxygen atoms in total. The minimum absolute atomic E-state index is 0.521. The second kappa shape index (κ2) is 5.56. The van der Waals surface area contributed by atoms with Gasteiger partial charge in [0, 0.05) is 24.0 Å². The van der Waals surface area contributed by atoms with E-state index in [4.69, 9.17) is 4.42 Å². The molecule has 1 N–H and O–H groups in total. The van der Waals surface area contributed by atoms with Gasteiger partial charge in [0.2, 0.25) is 12.3 Å². The van der Waals surface area contributed by atoms with E-state index in [0.29, 0.717) is 5.89 Å². The van der Waals surface area contributed by atoms with E-state index in [2.05, 4.69) is 32.0 Å². The second-order valence-electron chi connectivity index (χ2n) is 4.35. The largest absolute Gasteiger partial charge is 0.423 e. The number of imidazole rings is 1. The molecule has 3 aromatic rings. The molecule has 0 saturated carbocycles. The molecule has 6 heteroatoms. The predicted molar refractivity (Wildman–Crippen MR) is 75.0 cm³/mol. The summed E-state index contributed by atoms with van der Waals surface area (Å²) in [5, 5.41) is 11.0.